The predicted molar refractivity (Wildman–Crippen MR) is 153 cm³/mol. The second-order valence-electron chi connectivity index (χ2n) is 8.39. The zero-order chi connectivity index (χ0) is 25.3. The van der Waals surface area contributed by atoms with E-state index >= 15 is 0 Å². The van der Waals surface area contributed by atoms with E-state index in [1.807, 2.05) is 110 Å². The van der Waals surface area contributed by atoms with Gasteiger partial charge in [0.25, 0.3) is 0 Å². The minimum Gasteiger partial charge on any atom is -0.298 e. The zero-order valence-corrected chi connectivity index (χ0v) is 22.0. The molecule has 2 nitrogen and oxygen atoms in total. The lowest BCUT2D eigenvalue weighted by molar-refractivity contribution is -0.118. The van der Waals surface area contributed by atoms with E-state index in [9.17, 15) is 9.59 Å². The lowest BCUT2D eigenvalue weighted by atomic mass is 9.81. The van der Waals surface area contributed by atoms with E-state index in [1.54, 1.807) is 41.7 Å². The first-order chi connectivity index (χ1) is 17.6. The molecule has 0 fully saturated rings. The lowest BCUT2D eigenvalue weighted by Gasteiger charge is -2.21. The Morgan fingerprint density at radius 2 is 1.19 bits per heavy atom. The molecule has 0 spiro atoms. The minimum absolute atomic E-state index is 0.0548. The Labute approximate surface area is 221 Å². The number of carbonyl (C=O) groups excluding carboxylic acids is 2. The van der Waals surface area contributed by atoms with Crippen LogP contribution in [0.4, 0.5) is 0 Å². The third kappa shape index (κ3) is 6.45. The fraction of sp³-hybridized carbons (Fsp3) is 0.125. The molecule has 0 radical (unpaired) electrons. The molecule has 0 bridgehead atoms. The fourth-order valence-electron chi connectivity index (χ4n) is 4.17. The fourth-order valence-corrected chi connectivity index (χ4v) is 4.99. The van der Waals surface area contributed by atoms with Gasteiger partial charge in [0, 0.05) is 21.8 Å². The van der Waals surface area contributed by atoms with Gasteiger partial charge in [0.15, 0.2) is 5.78 Å². The summed E-state index contributed by atoms with van der Waals surface area (Å²) in [6, 6.07) is 35.2. The molecular weight excluding hydrogens is 480 g/mol. The Morgan fingerprint density at radius 3 is 1.75 bits per heavy atom. The molecule has 0 aliphatic rings. The highest BCUT2D eigenvalue weighted by atomic mass is 32.2. The summed E-state index contributed by atoms with van der Waals surface area (Å²) in [5.74, 6) is -0.629. The molecule has 4 aromatic rings. The summed E-state index contributed by atoms with van der Waals surface area (Å²) >= 11 is 3.34. The molecule has 0 N–H and O–H groups in total. The van der Waals surface area contributed by atoms with Crippen LogP contribution in [-0.2, 0) is 11.2 Å². The standard InChI is InChI=1S/C32H28O2S2/c1-35-27-17-13-23(14-18-27)21-31(34)32(26-11-7-4-8-12-26)29(24-15-19-28(36-2)20-16-24)22-30(33)25-9-5-3-6-10-25/h3-20,22,32H,21H2,1-2H3. The van der Waals surface area contributed by atoms with Crippen molar-refractivity contribution in [2.45, 2.75) is 22.1 Å². The summed E-state index contributed by atoms with van der Waals surface area (Å²) in [5.41, 5.74) is 4.03. The minimum atomic E-state index is -0.570. The van der Waals surface area contributed by atoms with Gasteiger partial charge < -0.3 is 0 Å². The van der Waals surface area contributed by atoms with Crippen molar-refractivity contribution in [1.29, 1.82) is 0 Å². The zero-order valence-electron chi connectivity index (χ0n) is 20.4. The Kier molecular flexibility index (Phi) is 8.99. The van der Waals surface area contributed by atoms with Gasteiger partial charge in [-0.15, -0.1) is 23.5 Å². The maximum atomic E-state index is 14.0. The van der Waals surface area contributed by atoms with Crippen molar-refractivity contribution in [1.82, 2.24) is 0 Å². The third-order valence-electron chi connectivity index (χ3n) is 6.07. The number of Topliss-reactive ketones (excluding diaryl/α,β-unsaturated/α-hetero) is 1. The molecule has 0 saturated heterocycles. The molecule has 4 aromatic carbocycles. The monoisotopic (exact) mass is 508 g/mol. The quantitative estimate of drug-likeness (QED) is 0.123. The van der Waals surface area contributed by atoms with Crippen molar-refractivity contribution in [3.8, 4) is 0 Å². The summed E-state index contributed by atoms with van der Waals surface area (Å²) in [6.45, 7) is 0. The van der Waals surface area contributed by atoms with Crippen LogP contribution in [-0.4, -0.2) is 24.1 Å². The van der Waals surface area contributed by atoms with E-state index in [2.05, 4.69) is 0 Å². The highest BCUT2D eigenvalue weighted by Gasteiger charge is 2.27. The summed E-state index contributed by atoms with van der Waals surface area (Å²) < 4.78 is 0. The summed E-state index contributed by atoms with van der Waals surface area (Å²) in [4.78, 5) is 29.6. The first kappa shape index (κ1) is 25.7. The van der Waals surface area contributed by atoms with Crippen LogP contribution < -0.4 is 0 Å². The van der Waals surface area contributed by atoms with Crippen molar-refractivity contribution < 1.29 is 9.59 Å². The average Bonchev–Trinajstić information content (AvgIpc) is 2.94. The van der Waals surface area contributed by atoms with E-state index in [-0.39, 0.29) is 18.0 Å². The van der Waals surface area contributed by atoms with E-state index in [4.69, 9.17) is 0 Å². The molecule has 0 aromatic heterocycles. The molecule has 4 heteroatoms. The highest BCUT2D eigenvalue weighted by molar-refractivity contribution is 7.98. The van der Waals surface area contributed by atoms with Gasteiger partial charge in [0.1, 0.15) is 5.78 Å². The van der Waals surface area contributed by atoms with Crippen LogP contribution in [0.2, 0.25) is 0 Å². The van der Waals surface area contributed by atoms with Crippen molar-refractivity contribution in [3.63, 3.8) is 0 Å². The number of rotatable bonds is 10. The van der Waals surface area contributed by atoms with Crippen LogP contribution in [0.15, 0.2) is 125 Å². The van der Waals surface area contributed by atoms with Gasteiger partial charge in [-0.05, 0) is 65.1 Å². The van der Waals surface area contributed by atoms with E-state index in [0.29, 0.717) is 11.1 Å². The number of allylic oxidation sites excluding steroid dienone is 2. The van der Waals surface area contributed by atoms with E-state index < -0.39 is 5.92 Å². The van der Waals surface area contributed by atoms with Gasteiger partial charge in [-0.1, -0.05) is 84.9 Å². The van der Waals surface area contributed by atoms with Crippen LogP contribution in [0.25, 0.3) is 5.57 Å². The average molecular weight is 509 g/mol. The van der Waals surface area contributed by atoms with Gasteiger partial charge >= 0.3 is 0 Å². The second-order valence-corrected chi connectivity index (χ2v) is 10.2. The van der Waals surface area contributed by atoms with Crippen LogP contribution in [0.3, 0.4) is 0 Å². The summed E-state index contributed by atoms with van der Waals surface area (Å²) in [5, 5.41) is 0. The Balaban J connectivity index is 1.81. The molecule has 1 unspecified atom stereocenters. The van der Waals surface area contributed by atoms with Crippen LogP contribution in [0, 0.1) is 0 Å². The molecule has 0 aliphatic carbocycles. The third-order valence-corrected chi connectivity index (χ3v) is 7.56. The van der Waals surface area contributed by atoms with E-state index in [0.717, 1.165) is 26.5 Å². The Morgan fingerprint density at radius 1 is 0.667 bits per heavy atom. The number of hydrogen-bond donors (Lipinski definition) is 0. The molecule has 1 atom stereocenters. The molecule has 0 saturated carbocycles. The number of ketones is 2. The highest BCUT2D eigenvalue weighted by Crippen LogP contribution is 2.35. The SMILES string of the molecule is CSc1ccc(CC(=O)C(C(=CC(=O)c2ccccc2)c2ccc(SC)cc2)c2ccccc2)cc1. The topological polar surface area (TPSA) is 34.1 Å². The second kappa shape index (κ2) is 12.6. The number of benzene rings is 4. The van der Waals surface area contributed by atoms with Gasteiger partial charge in [0.05, 0.1) is 5.92 Å². The van der Waals surface area contributed by atoms with Crippen molar-refractivity contribution in [2.24, 2.45) is 0 Å². The lowest BCUT2D eigenvalue weighted by Crippen LogP contribution is -2.18. The number of hydrogen-bond acceptors (Lipinski definition) is 4. The van der Waals surface area contributed by atoms with Crippen LogP contribution in [0.5, 0.6) is 0 Å². The van der Waals surface area contributed by atoms with Gasteiger partial charge in [-0.2, -0.15) is 0 Å². The van der Waals surface area contributed by atoms with Crippen LogP contribution in [0.1, 0.15) is 33.0 Å². The van der Waals surface area contributed by atoms with E-state index in [1.165, 1.54) is 0 Å². The van der Waals surface area contributed by atoms with Crippen molar-refractivity contribution in [2.75, 3.05) is 12.5 Å². The molecule has 180 valence electrons. The molecule has 0 heterocycles. The smallest absolute Gasteiger partial charge is 0.186 e. The Bertz CT molecular complexity index is 1330. The normalized spacial score (nSPS) is 12.2. The molecule has 4 rings (SSSR count). The molecule has 0 aliphatic heterocycles. The molecular formula is C32H28O2S2. The largest absolute Gasteiger partial charge is 0.298 e. The van der Waals surface area contributed by atoms with Crippen molar-refractivity contribution in [3.05, 3.63) is 138 Å². The van der Waals surface area contributed by atoms with Crippen molar-refractivity contribution >= 4 is 40.7 Å². The van der Waals surface area contributed by atoms with Gasteiger partial charge in [0.2, 0.25) is 0 Å². The van der Waals surface area contributed by atoms with Gasteiger partial charge in [-0.3, -0.25) is 9.59 Å². The summed E-state index contributed by atoms with van der Waals surface area (Å²) in [6.07, 6.45) is 6.00. The summed E-state index contributed by atoms with van der Waals surface area (Å²) in [7, 11) is 0. The first-order valence-corrected chi connectivity index (χ1v) is 14.2. The predicted octanol–water partition coefficient (Wildman–Crippen LogP) is 7.99. The molecule has 0 amide bonds. The maximum Gasteiger partial charge on any atom is 0.186 e. The first-order valence-electron chi connectivity index (χ1n) is 11.7. The number of carbonyl (C=O) groups is 2. The maximum absolute atomic E-state index is 14.0. The Hall–Kier alpha value is -3.34. The number of thioether (sulfide) groups is 2. The van der Waals surface area contributed by atoms with Gasteiger partial charge in [-0.25, -0.2) is 0 Å². The molecule has 36 heavy (non-hydrogen) atoms. The van der Waals surface area contributed by atoms with Crippen LogP contribution >= 0.6 is 23.5 Å².